The Labute approximate surface area is 101 Å². The third-order valence-corrected chi connectivity index (χ3v) is 2.28. The van der Waals surface area contributed by atoms with E-state index in [4.69, 9.17) is 23.4 Å². The van der Waals surface area contributed by atoms with Gasteiger partial charge in [-0.1, -0.05) is 0 Å². The van der Waals surface area contributed by atoms with Crippen LogP contribution in [0.1, 0.15) is 18.4 Å². The first-order valence-corrected chi connectivity index (χ1v) is 5.81. The van der Waals surface area contributed by atoms with Gasteiger partial charge >= 0.3 is 0 Å². The molecule has 17 heavy (non-hydrogen) atoms. The van der Waals surface area contributed by atoms with Gasteiger partial charge in [0, 0.05) is 6.61 Å². The summed E-state index contributed by atoms with van der Waals surface area (Å²) in [5.74, 6) is 1.59. The lowest BCUT2D eigenvalue weighted by atomic mass is 10.4. The molecule has 1 unspecified atom stereocenters. The molecule has 0 amide bonds. The molecule has 0 N–H and O–H groups in total. The van der Waals surface area contributed by atoms with Crippen molar-refractivity contribution in [2.75, 3.05) is 26.6 Å². The summed E-state index contributed by atoms with van der Waals surface area (Å²) < 4.78 is 26.3. The summed E-state index contributed by atoms with van der Waals surface area (Å²) in [5.41, 5.74) is 0. The Morgan fingerprint density at radius 3 is 2.53 bits per heavy atom. The zero-order valence-corrected chi connectivity index (χ0v) is 10.0. The van der Waals surface area contributed by atoms with Crippen LogP contribution in [0.4, 0.5) is 0 Å². The summed E-state index contributed by atoms with van der Waals surface area (Å²) in [6.07, 6.45) is 0.291. The van der Waals surface area contributed by atoms with Gasteiger partial charge in [-0.15, -0.1) is 0 Å². The molecule has 0 radical (unpaired) electrons. The van der Waals surface area contributed by atoms with E-state index in [1.165, 1.54) is 0 Å². The minimum atomic E-state index is 0.291. The molecule has 1 aliphatic heterocycles. The standard InChI is InChI=1S/C12H18O5/c1-2-13-9-15-6-11-4-3-10(17-11)5-14-7-12-8-16-12/h3-4,12H,2,5-9H2,1H3. The fourth-order valence-corrected chi connectivity index (χ4v) is 1.32. The van der Waals surface area contributed by atoms with E-state index in [-0.39, 0.29) is 0 Å². The Hall–Kier alpha value is -0.880. The first-order chi connectivity index (χ1) is 8.38. The van der Waals surface area contributed by atoms with Gasteiger partial charge in [0.25, 0.3) is 0 Å². The normalized spacial score (nSPS) is 18.5. The van der Waals surface area contributed by atoms with Crippen LogP contribution in [0.2, 0.25) is 0 Å². The van der Waals surface area contributed by atoms with Crippen LogP contribution in [0.3, 0.4) is 0 Å². The molecular formula is C12H18O5. The number of furan rings is 1. The molecule has 2 heterocycles. The van der Waals surface area contributed by atoms with E-state index < -0.39 is 0 Å². The second-order valence-electron chi connectivity index (χ2n) is 3.80. The monoisotopic (exact) mass is 242 g/mol. The van der Waals surface area contributed by atoms with Crippen molar-refractivity contribution in [2.24, 2.45) is 0 Å². The summed E-state index contributed by atoms with van der Waals surface area (Å²) >= 11 is 0. The van der Waals surface area contributed by atoms with Crippen LogP contribution in [0.25, 0.3) is 0 Å². The Morgan fingerprint density at radius 2 is 1.88 bits per heavy atom. The highest BCUT2D eigenvalue weighted by molar-refractivity contribution is 5.05. The summed E-state index contributed by atoms with van der Waals surface area (Å²) in [6, 6.07) is 3.78. The first kappa shape index (κ1) is 12.6. The molecule has 1 aromatic heterocycles. The van der Waals surface area contributed by atoms with E-state index in [2.05, 4.69) is 0 Å². The highest BCUT2D eigenvalue weighted by atomic mass is 16.7. The van der Waals surface area contributed by atoms with E-state index in [0.29, 0.717) is 39.3 Å². The van der Waals surface area contributed by atoms with Crippen molar-refractivity contribution in [3.05, 3.63) is 23.7 Å². The molecule has 2 rings (SSSR count). The Morgan fingerprint density at radius 1 is 1.18 bits per heavy atom. The Bertz CT molecular complexity index is 318. The molecule has 1 atom stereocenters. The van der Waals surface area contributed by atoms with Crippen molar-refractivity contribution in [3.8, 4) is 0 Å². The second kappa shape index (κ2) is 6.76. The molecular weight excluding hydrogens is 224 g/mol. The third-order valence-electron chi connectivity index (χ3n) is 2.28. The number of rotatable bonds is 9. The topological polar surface area (TPSA) is 53.4 Å². The molecule has 1 saturated heterocycles. The van der Waals surface area contributed by atoms with E-state index in [0.717, 1.165) is 18.1 Å². The minimum Gasteiger partial charge on any atom is -0.461 e. The van der Waals surface area contributed by atoms with Crippen LogP contribution >= 0.6 is 0 Å². The third kappa shape index (κ3) is 4.87. The lowest BCUT2D eigenvalue weighted by Gasteiger charge is -2.01. The largest absolute Gasteiger partial charge is 0.461 e. The summed E-state index contributed by atoms with van der Waals surface area (Å²) in [5, 5.41) is 0. The summed E-state index contributed by atoms with van der Waals surface area (Å²) in [6.45, 7) is 5.22. The zero-order valence-electron chi connectivity index (χ0n) is 10.0. The Balaban J connectivity index is 1.60. The van der Waals surface area contributed by atoms with Crippen molar-refractivity contribution >= 4 is 0 Å². The predicted molar refractivity (Wildman–Crippen MR) is 59.4 cm³/mol. The minimum absolute atomic E-state index is 0.291. The molecule has 0 aromatic carbocycles. The SMILES string of the molecule is CCOCOCc1ccc(COCC2CO2)o1. The van der Waals surface area contributed by atoms with Crippen LogP contribution in [0.15, 0.2) is 16.5 Å². The number of epoxide rings is 1. The average molecular weight is 242 g/mol. The summed E-state index contributed by atoms with van der Waals surface area (Å²) in [7, 11) is 0. The van der Waals surface area contributed by atoms with Gasteiger partial charge in [0.15, 0.2) is 0 Å². The maximum Gasteiger partial charge on any atom is 0.147 e. The van der Waals surface area contributed by atoms with Crippen LogP contribution in [-0.4, -0.2) is 32.7 Å². The molecule has 96 valence electrons. The van der Waals surface area contributed by atoms with Crippen molar-refractivity contribution < 1.29 is 23.4 Å². The molecule has 0 aliphatic carbocycles. The number of hydrogen-bond donors (Lipinski definition) is 0. The molecule has 1 aliphatic rings. The average Bonchev–Trinajstić information content (AvgIpc) is 3.04. The van der Waals surface area contributed by atoms with Crippen molar-refractivity contribution in [3.63, 3.8) is 0 Å². The van der Waals surface area contributed by atoms with Gasteiger partial charge in [-0.2, -0.15) is 0 Å². The molecule has 1 fully saturated rings. The van der Waals surface area contributed by atoms with Gasteiger partial charge in [-0.25, -0.2) is 0 Å². The van der Waals surface area contributed by atoms with Gasteiger partial charge < -0.3 is 23.4 Å². The van der Waals surface area contributed by atoms with E-state index in [1.54, 1.807) is 0 Å². The fraction of sp³-hybridized carbons (Fsp3) is 0.667. The van der Waals surface area contributed by atoms with E-state index >= 15 is 0 Å². The number of hydrogen-bond acceptors (Lipinski definition) is 5. The van der Waals surface area contributed by atoms with Gasteiger partial charge in [0.2, 0.25) is 0 Å². The second-order valence-corrected chi connectivity index (χ2v) is 3.80. The Kier molecular flexibility index (Phi) is 5.00. The first-order valence-electron chi connectivity index (χ1n) is 5.81. The van der Waals surface area contributed by atoms with E-state index in [1.807, 2.05) is 19.1 Å². The lowest BCUT2D eigenvalue weighted by molar-refractivity contribution is -0.0618. The van der Waals surface area contributed by atoms with Gasteiger partial charge in [0.1, 0.15) is 37.6 Å². The maximum absolute atomic E-state index is 5.52. The van der Waals surface area contributed by atoms with Crippen LogP contribution < -0.4 is 0 Å². The van der Waals surface area contributed by atoms with Gasteiger partial charge in [-0.3, -0.25) is 0 Å². The quantitative estimate of drug-likeness (QED) is 0.375. The van der Waals surface area contributed by atoms with Gasteiger partial charge in [0.05, 0.1) is 13.2 Å². The number of ether oxygens (including phenoxy) is 4. The van der Waals surface area contributed by atoms with E-state index in [9.17, 15) is 0 Å². The molecule has 0 saturated carbocycles. The van der Waals surface area contributed by atoms with Gasteiger partial charge in [-0.05, 0) is 19.1 Å². The maximum atomic E-state index is 5.52. The molecule has 1 aromatic rings. The van der Waals surface area contributed by atoms with Crippen LogP contribution in [0, 0.1) is 0 Å². The van der Waals surface area contributed by atoms with Crippen LogP contribution in [-0.2, 0) is 32.2 Å². The molecule has 0 spiro atoms. The smallest absolute Gasteiger partial charge is 0.147 e. The van der Waals surface area contributed by atoms with Crippen molar-refractivity contribution in [1.82, 2.24) is 0 Å². The zero-order chi connectivity index (χ0) is 11.9. The highest BCUT2D eigenvalue weighted by Gasteiger charge is 2.22. The molecule has 5 heteroatoms. The highest BCUT2D eigenvalue weighted by Crippen LogP contribution is 2.13. The predicted octanol–water partition coefficient (Wildman–Crippen LogP) is 1.71. The molecule has 0 bridgehead atoms. The molecule has 5 nitrogen and oxygen atoms in total. The van der Waals surface area contributed by atoms with Crippen LogP contribution in [0.5, 0.6) is 0 Å². The fourth-order valence-electron chi connectivity index (χ4n) is 1.32. The van der Waals surface area contributed by atoms with Crippen molar-refractivity contribution in [2.45, 2.75) is 26.2 Å². The summed E-state index contributed by atoms with van der Waals surface area (Å²) in [4.78, 5) is 0. The lowest BCUT2D eigenvalue weighted by Crippen LogP contribution is -2.00. The van der Waals surface area contributed by atoms with Crippen molar-refractivity contribution in [1.29, 1.82) is 0 Å².